The number of nitrogens with one attached hydrogen (secondary N) is 1. The lowest BCUT2D eigenvalue weighted by Gasteiger charge is -2.23. The van der Waals surface area contributed by atoms with Crippen LogP contribution in [0.1, 0.15) is 28.4 Å². The van der Waals surface area contributed by atoms with Crippen molar-refractivity contribution >= 4 is 21.6 Å². The highest BCUT2D eigenvalue weighted by Crippen LogP contribution is 2.24. The maximum Gasteiger partial charge on any atom is 0.251 e. The predicted molar refractivity (Wildman–Crippen MR) is 129 cm³/mol. The monoisotopic (exact) mass is 468 g/mol. The second-order valence-electron chi connectivity index (χ2n) is 7.42. The minimum atomic E-state index is -3.51. The summed E-state index contributed by atoms with van der Waals surface area (Å²) in [5.41, 5.74) is 2.77. The first kappa shape index (κ1) is 24.1. The maximum atomic E-state index is 12.5. The van der Waals surface area contributed by atoms with E-state index in [4.69, 9.17) is 9.47 Å². The molecule has 7 nitrogen and oxygen atoms in total. The maximum absolute atomic E-state index is 12.5. The lowest BCUT2D eigenvalue weighted by atomic mass is 10.1. The van der Waals surface area contributed by atoms with Gasteiger partial charge >= 0.3 is 0 Å². The highest BCUT2D eigenvalue weighted by molar-refractivity contribution is 7.92. The van der Waals surface area contributed by atoms with Gasteiger partial charge in [-0.15, -0.1) is 0 Å². The Bertz CT molecular complexity index is 1160. The van der Waals surface area contributed by atoms with E-state index in [1.165, 1.54) is 10.6 Å². The fraction of sp³-hybridized carbons (Fsp3) is 0.240. The summed E-state index contributed by atoms with van der Waals surface area (Å²) in [5, 5.41) is 2.88. The van der Waals surface area contributed by atoms with Gasteiger partial charge in [0.1, 0.15) is 11.5 Å². The van der Waals surface area contributed by atoms with Gasteiger partial charge in [-0.1, -0.05) is 24.3 Å². The standard InChI is InChI=1S/C25H28N2O5S/c1-4-32-24-15-11-22(12-16-24)27(33(3,29)30)18-20-5-9-21(10-6-20)25(28)26-17-19-7-13-23(31-2)14-8-19/h5-16H,4,17-18H2,1-3H3,(H,26,28). The SMILES string of the molecule is CCOc1ccc(N(Cc2ccc(C(=O)NCc3ccc(OC)cc3)cc2)S(C)(=O)=O)cc1. The molecule has 0 aliphatic carbocycles. The van der Waals surface area contributed by atoms with Crippen molar-refractivity contribution in [1.29, 1.82) is 0 Å². The smallest absolute Gasteiger partial charge is 0.251 e. The average molecular weight is 469 g/mol. The van der Waals surface area contributed by atoms with Crippen LogP contribution in [-0.4, -0.2) is 34.3 Å². The van der Waals surface area contributed by atoms with Crippen LogP contribution in [0.5, 0.6) is 11.5 Å². The largest absolute Gasteiger partial charge is 0.497 e. The Kier molecular flexibility index (Phi) is 7.95. The Balaban J connectivity index is 1.66. The molecule has 174 valence electrons. The minimum Gasteiger partial charge on any atom is -0.497 e. The zero-order chi connectivity index (χ0) is 23.8. The number of amides is 1. The molecule has 1 amide bonds. The topological polar surface area (TPSA) is 84.9 Å². The van der Waals surface area contributed by atoms with Gasteiger partial charge in [-0.25, -0.2) is 8.42 Å². The number of carbonyl (C=O) groups is 1. The number of nitrogens with zero attached hydrogens (tertiary/aromatic N) is 1. The molecule has 0 bridgehead atoms. The Labute approximate surface area is 195 Å². The van der Waals surface area contributed by atoms with Gasteiger partial charge in [0.05, 0.1) is 32.2 Å². The number of rotatable bonds is 10. The summed E-state index contributed by atoms with van der Waals surface area (Å²) in [5.74, 6) is 1.23. The number of carbonyl (C=O) groups excluding carboxylic acids is 1. The third kappa shape index (κ3) is 6.73. The molecule has 0 fully saturated rings. The van der Waals surface area contributed by atoms with E-state index in [0.717, 1.165) is 16.9 Å². The molecular formula is C25H28N2O5S. The first-order valence-electron chi connectivity index (χ1n) is 10.5. The van der Waals surface area contributed by atoms with Crippen LogP contribution in [0.15, 0.2) is 72.8 Å². The Morgan fingerprint density at radius 1 is 0.879 bits per heavy atom. The molecule has 0 aliphatic heterocycles. The zero-order valence-electron chi connectivity index (χ0n) is 18.9. The summed E-state index contributed by atoms with van der Waals surface area (Å²) in [6.07, 6.45) is 1.17. The summed E-state index contributed by atoms with van der Waals surface area (Å²) < 4.78 is 36.7. The fourth-order valence-electron chi connectivity index (χ4n) is 3.23. The van der Waals surface area contributed by atoms with Crippen molar-refractivity contribution in [2.45, 2.75) is 20.0 Å². The number of benzene rings is 3. The molecule has 0 atom stereocenters. The van der Waals surface area contributed by atoms with E-state index in [1.54, 1.807) is 55.6 Å². The number of hydrogen-bond donors (Lipinski definition) is 1. The molecule has 0 radical (unpaired) electrons. The van der Waals surface area contributed by atoms with Crippen LogP contribution in [0.4, 0.5) is 5.69 Å². The van der Waals surface area contributed by atoms with Crippen LogP contribution >= 0.6 is 0 Å². The van der Waals surface area contributed by atoms with Gasteiger partial charge in [-0.05, 0) is 66.6 Å². The first-order valence-corrected chi connectivity index (χ1v) is 12.4. The van der Waals surface area contributed by atoms with E-state index >= 15 is 0 Å². The van der Waals surface area contributed by atoms with E-state index in [0.29, 0.717) is 30.2 Å². The lowest BCUT2D eigenvalue weighted by molar-refractivity contribution is 0.0951. The van der Waals surface area contributed by atoms with E-state index < -0.39 is 10.0 Å². The molecule has 0 heterocycles. The predicted octanol–water partition coefficient (Wildman–Crippen LogP) is 3.99. The Morgan fingerprint density at radius 3 is 2.00 bits per heavy atom. The molecule has 0 unspecified atom stereocenters. The summed E-state index contributed by atoms with van der Waals surface area (Å²) >= 11 is 0. The minimum absolute atomic E-state index is 0.153. The summed E-state index contributed by atoms with van der Waals surface area (Å²) in [6, 6.07) is 21.3. The molecule has 3 aromatic rings. The van der Waals surface area contributed by atoms with Crippen LogP contribution in [0.25, 0.3) is 0 Å². The molecule has 0 spiro atoms. The highest BCUT2D eigenvalue weighted by Gasteiger charge is 2.18. The van der Waals surface area contributed by atoms with Gasteiger partial charge in [-0.2, -0.15) is 0 Å². The first-order chi connectivity index (χ1) is 15.8. The van der Waals surface area contributed by atoms with E-state index in [1.807, 2.05) is 31.2 Å². The van der Waals surface area contributed by atoms with Crippen molar-refractivity contribution in [2.24, 2.45) is 0 Å². The van der Waals surface area contributed by atoms with Gasteiger partial charge in [0, 0.05) is 12.1 Å². The lowest BCUT2D eigenvalue weighted by Crippen LogP contribution is -2.29. The van der Waals surface area contributed by atoms with Crippen molar-refractivity contribution < 1.29 is 22.7 Å². The van der Waals surface area contributed by atoms with Crippen molar-refractivity contribution in [3.63, 3.8) is 0 Å². The third-order valence-corrected chi connectivity index (χ3v) is 6.13. The molecule has 3 aromatic carbocycles. The molecule has 0 saturated heterocycles. The van der Waals surface area contributed by atoms with E-state index in [9.17, 15) is 13.2 Å². The zero-order valence-corrected chi connectivity index (χ0v) is 19.8. The summed E-state index contributed by atoms with van der Waals surface area (Å²) in [4.78, 5) is 12.5. The van der Waals surface area contributed by atoms with Gasteiger partial charge in [-0.3, -0.25) is 9.10 Å². The van der Waals surface area contributed by atoms with Crippen LogP contribution in [-0.2, 0) is 23.1 Å². The normalized spacial score (nSPS) is 11.0. The third-order valence-electron chi connectivity index (χ3n) is 4.99. The van der Waals surface area contributed by atoms with Crippen LogP contribution < -0.4 is 19.1 Å². The van der Waals surface area contributed by atoms with Gasteiger partial charge < -0.3 is 14.8 Å². The molecule has 0 aliphatic rings. The van der Waals surface area contributed by atoms with Crippen molar-refractivity contribution in [2.75, 3.05) is 24.3 Å². The number of ether oxygens (including phenoxy) is 2. The Morgan fingerprint density at radius 2 is 1.45 bits per heavy atom. The van der Waals surface area contributed by atoms with Gasteiger partial charge in [0.2, 0.25) is 10.0 Å². The second-order valence-corrected chi connectivity index (χ2v) is 9.33. The molecule has 8 heteroatoms. The van der Waals surface area contributed by atoms with Crippen LogP contribution in [0, 0.1) is 0 Å². The molecule has 3 rings (SSSR count). The van der Waals surface area contributed by atoms with Crippen LogP contribution in [0.3, 0.4) is 0 Å². The average Bonchev–Trinajstić information content (AvgIpc) is 2.82. The molecular weight excluding hydrogens is 440 g/mol. The molecule has 33 heavy (non-hydrogen) atoms. The van der Waals surface area contributed by atoms with E-state index in [-0.39, 0.29) is 12.5 Å². The fourth-order valence-corrected chi connectivity index (χ4v) is 4.12. The quantitative estimate of drug-likeness (QED) is 0.486. The van der Waals surface area contributed by atoms with Crippen molar-refractivity contribution in [1.82, 2.24) is 5.32 Å². The van der Waals surface area contributed by atoms with Crippen molar-refractivity contribution in [3.8, 4) is 11.5 Å². The number of anilines is 1. The highest BCUT2D eigenvalue weighted by atomic mass is 32.2. The Hall–Kier alpha value is -3.52. The number of methoxy groups -OCH3 is 1. The van der Waals surface area contributed by atoms with Crippen LogP contribution in [0.2, 0.25) is 0 Å². The summed E-state index contributed by atoms with van der Waals surface area (Å²) in [6.45, 7) is 2.97. The number of sulfonamides is 1. The number of hydrogen-bond acceptors (Lipinski definition) is 5. The molecule has 0 aromatic heterocycles. The summed E-state index contributed by atoms with van der Waals surface area (Å²) in [7, 11) is -1.90. The van der Waals surface area contributed by atoms with E-state index in [2.05, 4.69) is 5.32 Å². The second kappa shape index (κ2) is 10.9. The molecule has 0 saturated carbocycles. The van der Waals surface area contributed by atoms with Gasteiger partial charge in [0.15, 0.2) is 0 Å². The van der Waals surface area contributed by atoms with Crippen molar-refractivity contribution in [3.05, 3.63) is 89.5 Å². The molecule has 1 N–H and O–H groups in total. The van der Waals surface area contributed by atoms with Gasteiger partial charge in [0.25, 0.3) is 5.91 Å².